The molecule has 2 aromatic carbocycles. The molecule has 1 aromatic heterocycles. The van der Waals surface area contributed by atoms with Crippen LogP contribution in [0.2, 0.25) is 0 Å². The summed E-state index contributed by atoms with van der Waals surface area (Å²) >= 11 is 0. The summed E-state index contributed by atoms with van der Waals surface area (Å²) in [4.78, 5) is 30.7. The topological polar surface area (TPSA) is 85.5 Å². The number of hydrogen-bond acceptors (Lipinski definition) is 4. The number of aryl methyl sites for hydroxylation is 1. The van der Waals surface area contributed by atoms with E-state index < -0.39 is 5.91 Å². The third-order valence-corrected chi connectivity index (χ3v) is 5.50. The van der Waals surface area contributed by atoms with Gasteiger partial charge < -0.3 is 15.4 Å². The largest absolute Gasteiger partial charge is 0.368 e. The van der Waals surface area contributed by atoms with Crippen LogP contribution in [0.25, 0.3) is 11.3 Å². The number of carbonyl (C=O) groups excluding carboxylic acids is 2. The minimum absolute atomic E-state index is 0.0351. The molecule has 1 atom stereocenters. The number of hydrogen-bond donors (Lipinski definition) is 1. The van der Waals surface area contributed by atoms with Gasteiger partial charge in [0.25, 0.3) is 0 Å². The van der Waals surface area contributed by atoms with E-state index in [4.69, 9.17) is 15.5 Å². The van der Waals surface area contributed by atoms with Crippen LogP contribution in [0.4, 0.5) is 4.39 Å². The van der Waals surface area contributed by atoms with Gasteiger partial charge in [0.1, 0.15) is 11.9 Å². The van der Waals surface area contributed by atoms with Crippen molar-refractivity contribution in [1.82, 2.24) is 9.88 Å². The Morgan fingerprint density at radius 1 is 1.09 bits per heavy atom. The fourth-order valence-electron chi connectivity index (χ4n) is 3.74. The summed E-state index contributed by atoms with van der Waals surface area (Å²) in [6, 6.07) is 18.8. The number of amides is 2. The summed E-state index contributed by atoms with van der Waals surface area (Å²) in [6.07, 6.45) is 0.578. The van der Waals surface area contributed by atoms with Crippen LogP contribution in [-0.2, 0) is 16.0 Å². The summed E-state index contributed by atoms with van der Waals surface area (Å²) in [7, 11) is 0. The minimum Gasteiger partial charge on any atom is -0.368 e. The summed E-state index contributed by atoms with van der Waals surface area (Å²) in [6.45, 7) is 1.37. The molecule has 1 unspecified atom stereocenters. The molecule has 3 aromatic rings. The molecule has 0 radical (unpaired) electrons. The summed E-state index contributed by atoms with van der Waals surface area (Å²) < 4.78 is 19.0. The van der Waals surface area contributed by atoms with E-state index in [1.54, 1.807) is 35.2 Å². The molecule has 0 saturated carbocycles. The number of benzene rings is 2. The number of nitrogens with zero attached hydrogens (tertiary/aromatic N) is 2. The predicted molar refractivity (Wildman–Crippen MR) is 118 cm³/mol. The van der Waals surface area contributed by atoms with Gasteiger partial charge in [-0.05, 0) is 48.4 Å². The van der Waals surface area contributed by atoms with E-state index in [1.807, 2.05) is 24.3 Å². The Kier molecular flexibility index (Phi) is 6.56. The predicted octanol–water partition coefficient (Wildman–Crippen LogP) is 3.52. The molecular weight excluding hydrogens is 409 g/mol. The third-order valence-electron chi connectivity index (χ3n) is 5.50. The molecule has 32 heavy (non-hydrogen) atoms. The fourth-order valence-corrected chi connectivity index (χ4v) is 3.74. The third kappa shape index (κ3) is 5.18. The molecule has 2 heterocycles. The van der Waals surface area contributed by atoms with Gasteiger partial charge in [0.15, 0.2) is 0 Å². The van der Waals surface area contributed by atoms with E-state index in [-0.39, 0.29) is 17.8 Å². The first-order chi connectivity index (χ1) is 15.5. The molecule has 0 bridgehead atoms. The number of nitrogens with two attached hydrogens (primary N) is 1. The van der Waals surface area contributed by atoms with Gasteiger partial charge in [-0.15, -0.1) is 0 Å². The van der Waals surface area contributed by atoms with Crippen LogP contribution >= 0.6 is 0 Å². The van der Waals surface area contributed by atoms with Crippen LogP contribution < -0.4 is 5.73 Å². The first-order valence-electron chi connectivity index (χ1n) is 10.5. The zero-order chi connectivity index (χ0) is 22.5. The van der Waals surface area contributed by atoms with Gasteiger partial charge >= 0.3 is 0 Å². The summed E-state index contributed by atoms with van der Waals surface area (Å²) in [5.41, 5.74) is 8.94. The van der Waals surface area contributed by atoms with Crippen molar-refractivity contribution in [1.29, 1.82) is 0 Å². The molecule has 1 fully saturated rings. The molecule has 2 N–H and O–H groups in total. The van der Waals surface area contributed by atoms with Crippen LogP contribution in [0.15, 0.2) is 66.7 Å². The number of morpholine rings is 1. The van der Waals surface area contributed by atoms with E-state index >= 15 is 0 Å². The Morgan fingerprint density at radius 2 is 1.88 bits per heavy atom. The van der Waals surface area contributed by atoms with Crippen LogP contribution in [0.3, 0.4) is 0 Å². The van der Waals surface area contributed by atoms with Crippen molar-refractivity contribution in [3.63, 3.8) is 0 Å². The van der Waals surface area contributed by atoms with E-state index in [0.717, 1.165) is 16.8 Å². The molecule has 164 valence electrons. The molecule has 4 rings (SSSR count). The van der Waals surface area contributed by atoms with Gasteiger partial charge in [0.2, 0.25) is 11.8 Å². The quantitative estimate of drug-likeness (QED) is 0.645. The maximum Gasteiger partial charge on any atom is 0.248 e. The highest BCUT2D eigenvalue weighted by Gasteiger charge is 2.26. The van der Waals surface area contributed by atoms with Gasteiger partial charge in [0, 0.05) is 24.1 Å². The standard InChI is InChI=1S/C25H24FN3O3/c26-20-10-7-17(8-11-20)9-12-24(30)29-13-14-32-23(16-29)22-6-2-5-21(28-22)18-3-1-4-19(15-18)25(27)31/h1-8,10-11,15,23H,9,12-14,16H2,(H2,27,31). The SMILES string of the molecule is NC(=O)c1cccc(-c2cccc(C3CN(C(=O)CCc4ccc(F)cc4)CCO3)n2)c1. The number of halogens is 1. The zero-order valence-electron chi connectivity index (χ0n) is 17.5. The van der Waals surface area contributed by atoms with Gasteiger partial charge in [-0.25, -0.2) is 9.37 Å². The van der Waals surface area contributed by atoms with Crippen molar-refractivity contribution in [3.05, 3.63) is 89.4 Å². The minimum atomic E-state index is -0.492. The molecule has 2 amide bonds. The van der Waals surface area contributed by atoms with Crippen LogP contribution in [0.5, 0.6) is 0 Å². The van der Waals surface area contributed by atoms with Gasteiger partial charge in [0.05, 0.1) is 24.5 Å². The number of aromatic nitrogens is 1. The normalized spacial score (nSPS) is 16.0. The van der Waals surface area contributed by atoms with E-state index in [1.165, 1.54) is 12.1 Å². The van der Waals surface area contributed by atoms with Crippen LogP contribution in [0.1, 0.15) is 34.1 Å². The summed E-state index contributed by atoms with van der Waals surface area (Å²) in [5.74, 6) is -0.742. The Morgan fingerprint density at radius 3 is 2.66 bits per heavy atom. The lowest BCUT2D eigenvalue weighted by Gasteiger charge is -2.33. The average molecular weight is 433 g/mol. The Hall–Kier alpha value is -3.58. The van der Waals surface area contributed by atoms with Crippen LogP contribution in [-0.4, -0.2) is 41.4 Å². The summed E-state index contributed by atoms with van der Waals surface area (Å²) in [5, 5.41) is 0. The second kappa shape index (κ2) is 9.70. The number of pyridine rings is 1. The lowest BCUT2D eigenvalue weighted by Crippen LogP contribution is -2.42. The van der Waals surface area contributed by atoms with Crippen molar-refractivity contribution in [2.75, 3.05) is 19.7 Å². The highest BCUT2D eigenvalue weighted by Crippen LogP contribution is 2.25. The molecule has 1 aliphatic rings. The van der Waals surface area contributed by atoms with Crippen molar-refractivity contribution in [2.45, 2.75) is 18.9 Å². The number of ether oxygens (including phenoxy) is 1. The lowest BCUT2D eigenvalue weighted by atomic mass is 10.1. The Bertz CT molecular complexity index is 1120. The first-order valence-corrected chi connectivity index (χ1v) is 10.5. The molecule has 0 spiro atoms. The van der Waals surface area contributed by atoms with E-state index in [2.05, 4.69) is 0 Å². The second-order valence-corrected chi connectivity index (χ2v) is 7.72. The lowest BCUT2D eigenvalue weighted by molar-refractivity contribution is -0.139. The maximum atomic E-state index is 13.1. The highest BCUT2D eigenvalue weighted by molar-refractivity contribution is 5.94. The van der Waals surface area contributed by atoms with Crippen LogP contribution in [0, 0.1) is 5.82 Å². The monoisotopic (exact) mass is 433 g/mol. The van der Waals surface area contributed by atoms with Gasteiger partial charge in [-0.2, -0.15) is 0 Å². The molecule has 1 aliphatic heterocycles. The van der Waals surface area contributed by atoms with Crippen molar-refractivity contribution in [2.24, 2.45) is 5.73 Å². The van der Waals surface area contributed by atoms with E-state index in [0.29, 0.717) is 43.8 Å². The molecule has 6 nitrogen and oxygen atoms in total. The number of carbonyl (C=O) groups is 2. The molecule has 0 aliphatic carbocycles. The molecular formula is C25H24FN3O3. The second-order valence-electron chi connectivity index (χ2n) is 7.72. The average Bonchev–Trinajstić information content (AvgIpc) is 2.84. The fraction of sp³-hybridized carbons (Fsp3) is 0.240. The first kappa shape index (κ1) is 21.6. The zero-order valence-corrected chi connectivity index (χ0v) is 17.5. The highest BCUT2D eigenvalue weighted by atomic mass is 19.1. The molecule has 7 heteroatoms. The Labute approximate surface area is 185 Å². The number of rotatable bonds is 6. The van der Waals surface area contributed by atoms with Crippen molar-refractivity contribution >= 4 is 11.8 Å². The smallest absolute Gasteiger partial charge is 0.248 e. The number of primary amides is 1. The Balaban J connectivity index is 1.43. The maximum absolute atomic E-state index is 13.1. The van der Waals surface area contributed by atoms with Crippen molar-refractivity contribution < 1.29 is 18.7 Å². The van der Waals surface area contributed by atoms with E-state index in [9.17, 15) is 14.0 Å². The van der Waals surface area contributed by atoms with Gasteiger partial charge in [-0.3, -0.25) is 9.59 Å². The molecule has 1 saturated heterocycles. The van der Waals surface area contributed by atoms with Crippen molar-refractivity contribution in [3.8, 4) is 11.3 Å². The van der Waals surface area contributed by atoms with Gasteiger partial charge in [-0.1, -0.05) is 30.3 Å².